The van der Waals surface area contributed by atoms with Crippen LogP contribution in [-0.2, 0) is 5.88 Å². The smallest absolute Gasteiger partial charge is 0.0650 e. The Morgan fingerprint density at radius 2 is 2.11 bits per heavy atom. The van der Waals surface area contributed by atoms with Crippen LogP contribution in [0, 0.1) is 6.92 Å². The summed E-state index contributed by atoms with van der Waals surface area (Å²) in [6.45, 7) is 5.88. The van der Waals surface area contributed by atoms with Crippen LogP contribution in [0.3, 0.4) is 0 Å². The quantitative estimate of drug-likeness (QED) is 0.606. The standard InChI is InChI=1S/C14H21ClN2S/c1-12-13(11-15)16-6-5-14(12)18-10-9-17-7-3-2-4-8-17/h5-6H,2-4,7-11H2,1H3. The summed E-state index contributed by atoms with van der Waals surface area (Å²) < 4.78 is 0. The molecule has 1 aliphatic heterocycles. The maximum Gasteiger partial charge on any atom is 0.0650 e. The van der Waals surface area contributed by atoms with E-state index >= 15 is 0 Å². The molecule has 0 saturated carbocycles. The van der Waals surface area contributed by atoms with Crippen LogP contribution in [0.2, 0.25) is 0 Å². The van der Waals surface area contributed by atoms with Gasteiger partial charge in [0.05, 0.1) is 11.6 Å². The number of pyridine rings is 1. The molecule has 1 fully saturated rings. The van der Waals surface area contributed by atoms with Crippen molar-refractivity contribution in [2.24, 2.45) is 0 Å². The predicted molar refractivity (Wildman–Crippen MR) is 79.5 cm³/mol. The maximum absolute atomic E-state index is 5.88. The highest BCUT2D eigenvalue weighted by Crippen LogP contribution is 2.24. The first kappa shape index (κ1) is 14.2. The highest BCUT2D eigenvalue weighted by Gasteiger charge is 2.10. The van der Waals surface area contributed by atoms with E-state index in [-0.39, 0.29) is 0 Å². The summed E-state index contributed by atoms with van der Waals surface area (Å²) in [5, 5.41) is 0. The molecule has 1 aromatic heterocycles. The van der Waals surface area contributed by atoms with Gasteiger partial charge in [0.1, 0.15) is 0 Å². The Balaban J connectivity index is 1.82. The van der Waals surface area contributed by atoms with Crippen LogP contribution >= 0.6 is 23.4 Å². The minimum Gasteiger partial charge on any atom is -0.303 e. The molecule has 1 aromatic rings. The van der Waals surface area contributed by atoms with Crippen molar-refractivity contribution in [3.8, 4) is 0 Å². The van der Waals surface area contributed by atoms with Crippen LogP contribution in [0.4, 0.5) is 0 Å². The van der Waals surface area contributed by atoms with Gasteiger partial charge in [-0.2, -0.15) is 0 Å². The molecule has 1 saturated heterocycles. The highest BCUT2D eigenvalue weighted by molar-refractivity contribution is 7.99. The number of hydrogen-bond donors (Lipinski definition) is 0. The van der Waals surface area contributed by atoms with E-state index in [0.717, 1.165) is 11.4 Å². The average Bonchev–Trinajstić information content (AvgIpc) is 2.42. The molecule has 4 heteroatoms. The van der Waals surface area contributed by atoms with Crippen molar-refractivity contribution < 1.29 is 0 Å². The number of hydrogen-bond acceptors (Lipinski definition) is 3. The lowest BCUT2D eigenvalue weighted by Gasteiger charge is -2.26. The topological polar surface area (TPSA) is 16.1 Å². The SMILES string of the molecule is Cc1c(SCCN2CCCCC2)ccnc1CCl. The molecular weight excluding hydrogens is 264 g/mol. The van der Waals surface area contributed by atoms with Gasteiger partial charge in [0.2, 0.25) is 0 Å². The number of alkyl halides is 1. The molecule has 2 nitrogen and oxygen atoms in total. The third-order valence-corrected chi connectivity index (χ3v) is 4.89. The van der Waals surface area contributed by atoms with Crippen molar-refractivity contribution in [3.63, 3.8) is 0 Å². The van der Waals surface area contributed by atoms with Crippen molar-refractivity contribution in [3.05, 3.63) is 23.5 Å². The first-order valence-corrected chi connectivity index (χ1v) is 8.19. The second-order valence-electron chi connectivity index (χ2n) is 4.77. The van der Waals surface area contributed by atoms with Crippen LogP contribution in [-0.4, -0.2) is 35.3 Å². The monoisotopic (exact) mass is 284 g/mol. The molecule has 100 valence electrons. The van der Waals surface area contributed by atoms with Crippen molar-refractivity contribution in [1.29, 1.82) is 0 Å². The normalized spacial score (nSPS) is 17.0. The van der Waals surface area contributed by atoms with Crippen LogP contribution in [0.25, 0.3) is 0 Å². The number of nitrogens with zero attached hydrogens (tertiary/aromatic N) is 2. The van der Waals surface area contributed by atoms with Crippen LogP contribution in [0.1, 0.15) is 30.5 Å². The Kier molecular flexibility index (Phi) is 5.80. The second-order valence-corrected chi connectivity index (χ2v) is 6.17. The molecule has 0 unspecified atom stereocenters. The first-order valence-electron chi connectivity index (χ1n) is 6.67. The zero-order valence-corrected chi connectivity index (χ0v) is 12.6. The van der Waals surface area contributed by atoms with Gasteiger partial charge in [-0.05, 0) is 44.5 Å². The molecule has 0 aromatic carbocycles. The Labute approximate surface area is 119 Å². The van der Waals surface area contributed by atoms with E-state index in [4.69, 9.17) is 11.6 Å². The molecular formula is C14H21ClN2S. The largest absolute Gasteiger partial charge is 0.303 e. The zero-order valence-electron chi connectivity index (χ0n) is 11.0. The molecule has 0 aliphatic carbocycles. The van der Waals surface area contributed by atoms with Gasteiger partial charge in [0, 0.05) is 23.4 Å². The number of aromatic nitrogens is 1. The van der Waals surface area contributed by atoms with Gasteiger partial charge in [-0.3, -0.25) is 4.98 Å². The van der Waals surface area contributed by atoms with Gasteiger partial charge in [-0.15, -0.1) is 23.4 Å². The van der Waals surface area contributed by atoms with E-state index in [1.54, 1.807) is 0 Å². The summed E-state index contributed by atoms with van der Waals surface area (Å²) >= 11 is 7.81. The fourth-order valence-electron chi connectivity index (χ4n) is 2.32. The fraction of sp³-hybridized carbons (Fsp3) is 0.643. The molecule has 2 rings (SSSR count). The molecule has 0 spiro atoms. The average molecular weight is 285 g/mol. The van der Waals surface area contributed by atoms with E-state index in [9.17, 15) is 0 Å². The lowest BCUT2D eigenvalue weighted by Crippen LogP contribution is -2.31. The van der Waals surface area contributed by atoms with E-state index in [1.165, 1.54) is 49.4 Å². The van der Waals surface area contributed by atoms with Crippen molar-refractivity contribution in [1.82, 2.24) is 9.88 Å². The number of piperidine rings is 1. The molecule has 2 heterocycles. The van der Waals surface area contributed by atoms with Gasteiger partial charge < -0.3 is 4.90 Å². The maximum atomic E-state index is 5.88. The van der Waals surface area contributed by atoms with E-state index in [1.807, 2.05) is 18.0 Å². The molecule has 18 heavy (non-hydrogen) atoms. The Bertz CT molecular complexity index is 378. The van der Waals surface area contributed by atoms with Gasteiger partial charge in [-0.1, -0.05) is 6.42 Å². The predicted octanol–water partition coefficient (Wildman–Crippen LogP) is 3.71. The summed E-state index contributed by atoms with van der Waals surface area (Å²) in [7, 11) is 0. The van der Waals surface area contributed by atoms with E-state index < -0.39 is 0 Å². The van der Waals surface area contributed by atoms with Gasteiger partial charge in [0.25, 0.3) is 0 Å². The van der Waals surface area contributed by atoms with E-state index in [2.05, 4.69) is 22.9 Å². The Hall–Kier alpha value is -0.250. The summed E-state index contributed by atoms with van der Waals surface area (Å²) in [4.78, 5) is 8.21. The number of likely N-dealkylation sites (tertiary alicyclic amines) is 1. The molecule has 0 atom stereocenters. The van der Waals surface area contributed by atoms with Crippen molar-refractivity contribution in [2.45, 2.75) is 37.0 Å². The molecule has 0 bridgehead atoms. The Morgan fingerprint density at radius 1 is 1.33 bits per heavy atom. The van der Waals surface area contributed by atoms with E-state index in [0.29, 0.717) is 5.88 Å². The van der Waals surface area contributed by atoms with Crippen LogP contribution < -0.4 is 0 Å². The summed E-state index contributed by atoms with van der Waals surface area (Å²) in [5.41, 5.74) is 2.26. The molecule has 1 aliphatic rings. The van der Waals surface area contributed by atoms with Crippen LogP contribution in [0.5, 0.6) is 0 Å². The highest BCUT2D eigenvalue weighted by atomic mass is 35.5. The molecule has 0 amide bonds. The molecule has 0 radical (unpaired) electrons. The minimum absolute atomic E-state index is 0.506. The van der Waals surface area contributed by atoms with Gasteiger partial charge >= 0.3 is 0 Å². The zero-order chi connectivity index (χ0) is 12.8. The van der Waals surface area contributed by atoms with Crippen LogP contribution in [0.15, 0.2) is 17.2 Å². The van der Waals surface area contributed by atoms with Crippen molar-refractivity contribution in [2.75, 3.05) is 25.4 Å². The minimum atomic E-state index is 0.506. The number of halogens is 1. The third kappa shape index (κ3) is 3.87. The lowest BCUT2D eigenvalue weighted by atomic mass is 10.1. The number of thioether (sulfide) groups is 1. The summed E-state index contributed by atoms with van der Waals surface area (Å²) in [5.74, 6) is 1.67. The fourth-order valence-corrected chi connectivity index (χ4v) is 3.65. The molecule has 0 N–H and O–H groups in total. The van der Waals surface area contributed by atoms with Gasteiger partial charge in [-0.25, -0.2) is 0 Å². The van der Waals surface area contributed by atoms with Crippen molar-refractivity contribution >= 4 is 23.4 Å². The first-order chi connectivity index (χ1) is 8.81. The summed E-state index contributed by atoms with van der Waals surface area (Å²) in [6, 6.07) is 2.10. The second kappa shape index (κ2) is 7.37. The summed E-state index contributed by atoms with van der Waals surface area (Å²) in [6.07, 6.45) is 6.02. The third-order valence-electron chi connectivity index (χ3n) is 3.50. The number of rotatable bonds is 5. The lowest BCUT2D eigenvalue weighted by molar-refractivity contribution is 0.242. The Morgan fingerprint density at radius 3 is 2.83 bits per heavy atom. The van der Waals surface area contributed by atoms with Gasteiger partial charge in [0.15, 0.2) is 0 Å².